The summed E-state index contributed by atoms with van der Waals surface area (Å²) in [4.78, 5) is 0. The summed E-state index contributed by atoms with van der Waals surface area (Å²) in [6.07, 6.45) is 0.628. The van der Waals surface area contributed by atoms with Crippen LogP contribution in [-0.4, -0.2) is 10.2 Å². The number of aromatic nitrogens is 2. The van der Waals surface area contributed by atoms with E-state index in [-0.39, 0.29) is 6.42 Å². The maximum absolute atomic E-state index is 11.9. The minimum Gasteiger partial charge on any atom is -0.281 e. The molecule has 0 saturated heterocycles. The van der Waals surface area contributed by atoms with Crippen molar-refractivity contribution in [2.24, 2.45) is 0 Å². The average Bonchev–Trinajstić information content (AvgIpc) is 2.35. The molecule has 0 aromatic carbocycles. The van der Waals surface area contributed by atoms with Crippen LogP contribution in [0.3, 0.4) is 0 Å². The van der Waals surface area contributed by atoms with E-state index in [1.54, 1.807) is 0 Å². The van der Waals surface area contributed by atoms with Crippen LogP contribution in [0.5, 0.6) is 0 Å². The quantitative estimate of drug-likeness (QED) is 0.643. The zero-order valence-electron chi connectivity index (χ0n) is 5.94. The molecule has 0 spiro atoms. The Morgan fingerprint density at radius 2 is 2.25 bits per heavy atom. The first-order chi connectivity index (χ1) is 5.54. The molecule has 5 heteroatoms. The van der Waals surface area contributed by atoms with Crippen LogP contribution in [0.15, 0.2) is 6.07 Å². The van der Waals surface area contributed by atoms with Crippen molar-refractivity contribution >= 4 is 0 Å². The number of terminal acetylenes is 1. The lowest BCUT2D eigenvalue weighted by molar-refractivity contribution is -0.141. The SMILES string of the molecule is C#CCc1cc(C(F)(F)F)n[nH]1. The number of hydrogen-bond acceptors (Lipinski definition) is 1. The topological polar surface area (TPSA) is 28.7 Å². The van der Waals surface area contributed by atoms with E-state index in [0.29, 0.717) is 5.69 Å². The van der Waals surface area contributed by atoms with Crippen molar-refractivity contribution in [3.8, 4) is 12.3 Å². The van der Waals surface area contributed by atoms with Crippen LogP contribution in [0, 0.1) is 12.3 Å². The minimum atomic E-state index is -4.40. The predicted molar refractivity (Wildman–Crippen MR) is 36.1 cm³/mol. The number of H-pyrrole nitrogens is 1. The minimum absolute atomic E-state index is 0.128. The molecule has 0 atom stereocenters. The summed E-state index contributed by atoms with van der Waals surface area (Å²) < 4.78 is 35.7. The van der Waals surface area contributed by atoms with E-state index in [1.165, 1.54) is 0 Å². The molecule has 1 aromatic heterocycles. The molecule has 0 unspecified atom stereocenters. The summed E-state index contributed by atoms with van der Waals surface area (Å²) in [5, 5.41) is 5.26. The fourth-order valence-corrected chi connectivity index (χ4v) is 0.707. The molecular weight excluding hydrogens is 169 g/mol. The van der Waals surface area contributed by atoms with Gasteiger partial charge in [0.2, 0.25) is 0 Å². The Labute approximate surface area is 66.8 Å². The third kappa shape index (κ3) is 1.78. The third-order valence-corrected chi connectivity index (χ3v) is 1.21. The van der Waals surface area contributed by atoms with Crippen molar-refractivity contribution in [2.75, 3.05) is 0 Å². The van der Waals surface area contributed by atoms with E-state index in [0.717, 1.165) is 6.07 Å². The average molecular weight is 174 g/mol. The van der Waals surface area contributed by atoms with Crippen LogP contribution in [-0.2, 0) is 12.6 Å². The van der Waals surface area contributed by atoms with E-state index in [9.17, 15) is 13.2 Å². The molecule has 2 nitrogen and oxygen atoms in total. The van der Waals surface area contributed by atoms with E-state index in [2.05, 4.69) is 16.1 Å². The van der Waals surface area contributed by atoms with Crippen molar-refractivity contribution in [2.45, 2.75) is 12.6 Å². The summed E-state index contributed by atoms with van der Waals surface area (Å²) in [5.74, 6) is 2.21. The van der Waals surface area contributed by atoms with Gasteiger partial charge in [0.05, 0.1) is 6.42 Å². The summed E-state index contributed by atoms with van der Waals surface area (Å²) in [6, 6.07) is 0.903. The lowest BCUT2D eigenvalue weighted by atomic mass is 10.3. The molecule has 0 bridgehead atoms. The fourth-order valence-electron chi connectivity index (χ4n) is 0.707. The van der Waals surface area contributed by atoms with Gasteiger partial charge in [0.15, 0.2) is 5.69 Å². The predicted octanol–water partition coefficient (Wildman–Crippen LogP) is 1.60. The van der Waals surface area contributed by atoms with Gasteiger partial charge in [0.1, 0.15) is 0 Å². The molecule has 1 rings (SSSR count). The van der Waals surface area contributed by atoms with Crippen molar-refractivity contribution in [3.05, 3.63) is 17.5 Å². The Balaban J connectivity index is 2.86. The molecule has 0 radical (unpaired) electrons. The van der Waals surface area contributed by atoms with Gasteiger partial charge in [0.25, 0.3) is 0 Å². The number of alkyl halides is 3. The second-order valence-corrected chi connectivity index (χ2v) is 2.16. The normalized spacial score (nSPS) is 11.2. The van der Waals surface area contributed by atoms with Crippen molar-refractivity contribution in [3.63, 3.8) is 0 Å². The first-order valence-electron chi connectivity index (χ1n) is 3.09. The van der Waals surface area contributed by atoms with Crippen LogP contribution in [0.1, 0.15) is 11.4 Å². The molecule has 0 saturated carbocycles. The number of hydrogen-bond donors (Lipinski definition) is 1. The van der Waals surface area contributed by atoms with Gasteiger partial charge < -0.3 is 0 Å². The maximum Gasteiger partial charge on any atom is 0.435 e. The van der Waals surface area contributed by atoms with Gasteiger partial charge in [-0.05, 0) is 6.07 Å². The number of rotatable bonds is 1. The molecule has 0 aliphatic heterocycles. The zero-order chi connectivity index (χ0) is 9.19. The number of nitrogens with one attached hydrogen (secondary N) is 1. The van der Waals surface area contributed by atoms with Gasteiger partial charge in [-0.25, -0.2) is 0 Å². The molecule has 0 aliphatic carbocycles. The molecule has 0 fully saturated rings. The second-order valence-electron chi connectivity index (χ2n) is 2.16. The second kappa shape index (κ2) is 2.89. The van der Waals surface area contributed by atoms with Crippen LogP contribution in [0.4, 0.5) is 13.2 Å². The highest BCUT2D eigenvalue weighted by Crippen LogP contribution is 2.27. The first-order valence-corrected chi connectivity index (χ1v) is 3.09. The molecule has 1 aromatic rings. The Kier molecular flexibility index (Phi) is 2.09. The first kappa shape index (κ1) is 8.65. The maximum atomic E-state index is 11.9. The van der Waals surface area contributed by atoms with Crippen molar-refractivity contribution < 1.29 is 13.2 Å². The molecule has 1 heterocycles. The van der Waals surface area contributed by atoms with E-state index in [4.69, 9.17) is 6.42 Å². The Hall–Kier alpha value is -1.44. The van der Waals surface area contributed by atoms with Crippen LogP contribution in [0.2, 0.25) is 0 Å². The highest BCUT2D eigenvalue weighted by atomic mass is 19.4. The largest absolute Gasteiger partial charge is 0.435 e. The van der Waals surface area contributed by atoms with Gasteiger partial charge in [-0.2, -0.15) is 18.3 Å². The van der Waals surface area contributed by atoms with Crippen molar-refractivity contribution in [1.82, 2.24) is 10.2 Å². The third-order valence-electron chi connectivity index (χ3n) is 1.21. The molecular formula is C7H5F3N2. The Bertz CT molecular complexity index is 305. The summed E-state index contributed by atoms with van der Waals surface area (Å²) in [5.41, 5.74) is -0.641. The highest BCUT2D eigenvalue weighted by molar-refractivity contribution is 5.15. The monoisotopic (exact) mass is 174 g/mol. The lowest BCUT2D eigenvalue weighted by Gasteiger charge is -1.98. The van der Waals surface area contributed by atoms with Crippen LogP contribution < -0.4 is 0 Å². The van der Waals surface area contributed by atoms with Gasteiger partial charge in [-0.3, -0.25) is 5.10 Å². The van der Waals surface area contributed by atoms with Gasteiger partial charge in [-0.15, -0.1) is 12.3 Å². The molecule has 64 valence electrons. The smallest absolute Gasteiger partial charge is 0.281 e. The number of aromatic amines is 1. The number of nitrogens with zero attached hydrogens (tertiary/aromatic N) is 1. The van der Waals surface area contributed by atoms with Gasteiger partial charge in [-0.1, -0.05) is 0 Å². The molecule has 12 heavy (non-hydrogen) atoms. The molecule has 1 N–H and O–H groups in total. The summed E-state index contributed by atoms with van der Waals surface area (Å²) in [6.45, 7) is 0. The van der Waals surface area contributed by atoms with Crippen molar-refractivity contribution in [1.29, 1.82) is 0 Å². The number of halogens is 3. The molecule has 0 aliphatic rings. The zero-order valence-corrected chi connectivity index (χ0v) is 5.94. The highest BCUT2D eigenvalue weighted by Gasteiger charge is 2.33. The van der Waals surface area contributed by atoms with Crippen LogP contribution >= 0.6 is 0 Å². The van der Waals surface area contributed by atoms with E-state index in [1.807, 2.05) is 0 Å². The molecule has 0 amide bonds. The Morgan fingerprint density at radius 1 is 1.58 bits per heavy atom. The lowest BCUT2D eigenvalue weighted by Crippen LogP contribution is -2.04. The fraction of sp³-hybridized carbons (Fsp3) is 0.286. The van der Waals surface area contributed by atoms with E-state index < -0.39 is 11.9 Å². The van der Waals surface area contributed by atoms with Gasteiger partial charge in [0, 0.05) is 5.69 Å². The van der Waals surface area contributed by atoms with Crippen LogP contribution in [0.25, 0.3) is 0 Å². The standard InChI is InChI=1S/C7H5F3N2/c1-2-3-5-4-6(12-11-5)7(8,9)10/h1,4H,3H2,(H,11,12). The van der Waals surface area contributed by atoms with Gasteiger partial charge >= 0.3 is 6.18 Å². The summed E-state index contributed by atoms with van der Waals surface area (Å²) >= 11 is 0. The summed E-state index contributed by atoms with van der Waals surface area (Å²) in [7, 11) is 0. The van der Waals surface area contributed by atoms with E-state index >= 15 is 0 Å². The Morgan fingerprint density at radius 3 is 2.67 bits per heavy atom.